The molecule has 0 spiro atoms. The molecule has 1 aromatic carbocycles. The second-order valence-corrected chi connectivity index (χ2v) is 7.45. The number of fused-ring (bicyclic) bond motifs is 1. The second-order valence-electron chi connectivity index (χ2n) is 6.34. The summed E-state index contributed by atoms with van der Waals surface area (Å²) in [4.78, 5) is 13.9. The summed E-state index contributed by atoms with van der Waals surface area (Å²) in [5, 5.41) is 0.644. The number of halogens is 1. The molecule has 0 amide bonds. The number of likely N-dealkylation sites (N-methyl/N-ethyl adjacent to an activating group) is 2. The molecule has 0 bridgehead atoms. The zero-order valence-electron chi connectivity index (χ0n) is 16.3. The van der Waals surface area contributed by atoms with Crippen LogP contribution in [-0.2, 0) is 0 Å². The van der Waals surface area contributed by atoms with E-state index in [9.17, 15) is 0 Å². The molecule has 5 nitrogen and oxygen atoms in total. The molecule has 0 N–H and O–H groups in total. The fourth-order valence-corrected chi connectivity index (χ4v) is 4.17. The molecule has 0 aliphatic rings. The van der Waals surface area contributed by atoms with Crippen LogP contribution >= 0.6 is 23.5 Å². The van der Waals surface area contributed by atoms with E-state index in [4.69, 9.17) is 16.6 Å². The highest BCUT2D eigenvalue weighted by molar-refractivity contribution is 7.97. The van der Waals surface area contributed by atoms with Gasteiger partial charge in [-0.3, -0.25) is 8.96 Å². The van der Waals surface area contributed by atoms with E-state index in [0.29, 0.717) is 5.02 Å². The number of benzene rings is 1. The van der Waals surface area contributed by atoms with E-state index in [1.165, 1.54) is 0 Å². The Morgan fingerprint density at radius 2 is 1.85 bits per heavy atom. The average molecular weight is 404 g/mol. The third kappa shape index (κ3) is 4.08. The number of hydrogen-bond donors (Lipinski definition) is 0. The molecule has 0 saturated carbocycles. The summed E-state index contributed by atoms with van der Waals surface area (Å²) < 4.78 is 2.09. The van der Waals surface area contributed by atoms with Gasteiger partial charge in [-0.1, -0.05) is 37.6 Å². The lowest BCUT2D eigenvalue weighted by molar-refractivity contribution is 0.311. The topological polar surface area (TPSA) is 37.2 Å². The first-order valence-corrected chi connectivity index (χ1v) is 10.8. The van der Waals surface area contributed by atoms with E-state index < -0.39 is 0 Å². The molecule has 3 rings (SSSR count). The zero-order chi connectivity index (χ0) is 19.4. The van der Waals surface area contributed by atoms with Gasteiger partial charge in [0.1, 0.15) is 5.69 Å². The van der Waals surface area contributed by atoms with Gasteiger partial charge in [-0.2, -0.15) is 0 Å². The Morgan fingerprint density at radius 1 is 1.11 bits per heavy atom. The fraction of sp³-hybridized carbons (Fsp3) is 0.400. The lowest BCUT2D eigenvalue weighted by atomic mass is 10.2. The second kappa shape index (κ2) is 8.95. The van der Waals surface area contributed by atoms with Crippen LogP contribution in [-0.4, -0.2) is 58.3 Å². The van der Waals surface area contributed by atoms with Crippen LogP contribution in [0.3, 0.4) is 0 Å². The van der Waals surface area contributed by atoms with E-state index in [-0.39, 0.29) is 0 Å². The van der Waals surface area contributed by atoms with E-state index in [0.717, 1.165) is 54.4 Å². The molecular formula is C20H26ClN5S. The van der Waals surface area contributed by atoms with Gasteiger partial charge in [0, 0.05) is 32.6 Å². The van der Waals surface area contributed by atoms with Gasteiger partial charge in [0.2, 0.25) is 0 Å². The van der Waals surface area contributed by atoms with Gasteiger partial charge in [0.25, 0.3) is 0 Å². The fourth-order valence-electron chi connectivity index (χ4n) is 3.17. The van der Waals surface area contributed by atoms with Crippen molar-refractivity contribution < 1.29 is 0 Å². The van der Waals surface area contributed by atoms with Crippen LogP contribution in [0.25, 0.3) is 22.6 Å². The molecule has 0 fully saturated rings. The normalized spacial score (nSPS) is 11.5. The lowest BCUT2D eigenvalue weighted by Crippen LogP contribution is -2.33. The summed E-state index contributed by atoms with van der Waals surface area (Å²) in [6.07, 6.45) is 3.85. The number of imidazole rings is 1. The number of rotatable bonds is 8. The molecule has 0 saturated heterocycles. The standard InChI is InChI=1S/C20H26ClN5S/c1-5-25(6-2)14-13-24(3)17-11-12-22-19(18(17)21)20-23-15-9-7-8-10-16(15)26(20)27-4/h7-12H,5-6,13-14H2,1-4H3. The Kier molecular flexibility index (Phi) is 6.63. The number of aromatic nitrogens is 3. The highest BCUT2D eigenvalue weighted by Crippen LogP contribution is 2.36. The van der Waals surface area contributed by atoms with Crippen LogP contribution in [0.1, 0.15) is 13.8 Å². The number of nitrogens with zero attached hydrogens (tertiary/aromatic N) is 5. The van der Waals surface area contributed by atoms with Crippen LogP contribution in [0.15, 0.2) is 36.5 Å². The molecule has 0 aliphatic carbocycles. The number of anilines is 1. The molecule has 2 heterocycles. The van der Waals surface area contributed by atoms with E-state index in [1.807, 2.05) is 36.7 Å². The maximum Gasteiger partial charge on any atom is 0.171 e. The summed E-state index contributed by atoms with van der Waals surface area (Å²) >= 11 is 8.40. The highest BCUT2D eigenvalue weighted by atomic mass is 35.5. The van der Waals surface area contributed by atoms with E-state index >= 15 is 0 Å². The Balaban J connectivity index is 1.96. The maximum atomic E-state index is 6.80. The monoisotopic (exact) mass is 403 g/mol. The third-order valence-electron chi connectivity index (χ3n) is 4.84. The quantitative estimate of drug-likeness (QED) is 0.547. The van der Waals surface area contributed by atoms with Crippen molar-refractivity contribution in [3.05, 3.63) is 41.6 Å². The van der Waals surface area contributed by atoms with Crippen molar-refractivity contribution in [3.63, 3.8) is 0 Å². The van der Waals surface area contributed by atoms with E-state index in [2.05, 4.69) is 45.7 Å². The lowest BCUT2D eigenvalue weighted by Gasteiger charge is -2.25. The first-order valence-electron chi connectivity index (χ1n) is 9.21. The van der Waals surface area contributed by atoms with Gasteiger partial charge in [-0.05, 0) is 43.2 Å². The van der Waals surface area contributed by atoms with Gasteiger partial charge in [0.15, 0.2) is 5.82 Å². The largest absolute Gasteiger partial charge is 0.372 e. The first-order chi connectivity index (χ1) is 13.1. The molecule has 144 valence electrons. The molecule has 0 atom stereocenters. The van der Waals surface area contributed by atoms with Crippen molar-refractivity contribution >= 4 is 40.3 Å². The summed E-state index contributed by atoms with van der Waals surface area (Å²) in [6.45, 7) is 8.39. The molecular weight excluding hydrogens is 378 g/mol. The maximum absolute atomic E-state index is 6.80. The molecule has 3 aromatic rings. The van der Waals surface area contributed by atoms with Crippen LogP contribution in [0, 0.1) is 0 Å². The minimum atomic E-state index is 0.644. The summed E-state index contributed by atoms with van der Waals surface area (Å²) in [6, 6.07) is 10.1. The average Bonchev–Trinajstić information content (AvgIpc) is 3.07. The smallest absolute Gasteiger partial charge is 0.171 e. The predicted octanol–water partition coefficient (Wildman–Crippen LogP) is 4.66. The zero-order valence-corrected chi connectivity index (χ0v) is 17.9. The molecule has 0 radical (unpaired) electrons. The number of hydrogen-bond acceptors (Lipinski definition) is 5. The predicted molar refractivity (Wildman–Crippen MR) is 118 cm³/mol. The Morgan fingerprint density at radius 3 is 2.56 bits per heavy atom. The molecule has 27 heavy (non-hydrogen) atoms. The summed E-state index contributed by atoms with van der Waals surface area (Å²) in [5.41, 5.74) is 3.71. The van der Waals surface area contributed by atoms with Crippen molar-refractivity contribution in [2.75, 3.05) is 44.4 Å². The van der Waals surface area contributed by atoms with Gasteiger partial charge in [-0.15, -0.1) is 0 Å². The Labute approximate surface area is 170 Å². The molecule has 0 unspecified atom stereocenters. The van der Waals surface area contributed by atoms with Crippen molar-refractivity contribution in [2.45, 2.75) is 13.8 Å². The van der Waals surface area contributed by atoms with Gasteiger partial charge >= 0.3 is 0 Å². The summed E-state index contributed by atoms with van der Waals surface area (Å²) in [7, 11) is 2.08. The molecule has 7 heteroatoms. The summed E-state index contributed by atoms with van der Waals surface area (Å²) in [5.74, 6) is 0.785. The third-order valence-corrected chi connectivity index (χ3v) is 5.95. The van der Waals surface area contributed by atoms with E-state index in [1.54, 1.807) is 11.9 Å². The minimum absolute atomic E-state index is 0.644. The number of pyridine rings is 1. The van der Waals surface area contributed by atoms with Gasteiger partial charge < -0.3 is 9.80 Å². The van der Waals surface area contributed by atoms with Crippen LogP contribution < -0.4 is 4.90 Å². The molecule has 0 aliphatic heterocycles. The van der Waals surface area contributed by atoms with Crippen LogP contribution in [0.4, 0.5) is 5.69 Å². The van der Waals surface area contributed by atoms with Crippen molar-refractivity contribution in [2.24, 2.45) is 0 Å². The minimum Gasteiger partial charge on any atom is -0.372 e. The SMILES string of the molecule is CCN(CC)CCN(C)c1ccnc(-c2nc3ccccc3n2SC)c1Cl. The van der Waals surface area contributed by atoms with Crippen molar-refractivity contribution in [3.8, 4) is 11.5 Å². The Bertz CT molecular complexity index is 907. The first kappa shape index (κ1) is 20.0. The number of para-hydroxylation sites is 2. The van der Waals surface area contributed by atoms with Crippen LogP contribution in [0.5, 0.6) is 0 Å². The van der Waals surface area contributed by atoms with Crippen LogP contribution in [0.2, 0.25) is 5.02 Å². The van der Waals surface area contributed by atoms with Gasteiger partial charge in [0.05, 0.1) is 21.7 Å². The van der Waals surface area contributed by atoms with Gasteiger partial charge in [-0.25, -0.2) is 4.98 Å². The van der Waals surface area contributed by atoms with Crippen molar-refractivity contribution in [1.82, 2.24) is 18.8 Å². The Hall–Kier alpha value is -1.76. The van der Waals surface area contributed by atoms with Crippen molar-refractivity contribution in [1.29, 1.82) is 0 Å². The highest BCUT2D eigenvalue weighted by Gasteiger charge is 2.19. The molecule has 2 aromatic heterocycles.